The summed E-state index contributed by atoms with van der Waals surface area (Å²) < 4.78 is 55.4. The molecule has 36 heavy (non-hydrogen) atoms. The number of aromatic nitrogens is 4. The van der Waals surface area contributed by atoms with E-state index < -0.39 is 30.5 Å². The molecule has 0 aliphatic carbocycles. The van der Waals surface area contributed by atoms with E-state index in [4.69, 9.17) is 0 Å². The Labute approximate surface area is 214 Å². The van der Waals surface area contributed by atoms with Crippen LogP contribution in [0, 0.1) is 0 Å². The number of sulfonamides is 2. The summed E-state index contributed by atoms with van der Waals surface area (Å²) in [6.45, 7) is 6.45. The number of H-pyrrole nitrogens is 1. The van der Waals surface area contributed by atoms with Gasteiger partial charge in [-0.1, -0.05) is 36.4 Å². The van der Waals surface area contributed by atoms with Crippen LogP contribution in [0.3, 0.4) is 0 Å². The largest absolute Gasteiger partial charge is 0.283 e. The monoisotopic (exact) mass is 546 g/mol. The van der Waals surface area contributed by atoms with E-state index in [0.717, 1.165) is 16.0 Å². The van der Waals surface area contributed by atoms with Gasteiger partial charge in [-0.2, -0.15) is 5.21 Å². The number of benzene rings is 2. The molecule has 0 radical (unpaired) electrons. The number of nitrogens with zero attached hydrogens (tertiary/aromatic N) is 3. The molecule has 3 N–H and O–H groups in total. The molecule has 0 atom stereocenters. The minimum atomic E-state index is -3.62. The van der Waals surface area contributed by atoms with Crippen LogP contribution in [0.5, 0.6) is 0 Å². The average Bonchev–Trinajstić information content (AvgIpc) is 3.51. The number of tetrazole rings is 1. The summed E-state index contributed by atoms with van der Waals surface area (Å²) in [5, 5.41) is 14.5. The molecule has 0 fully saturated rings. The molecular weight excluding hydrogens is 520 g/mol. The maximum absolute atomic E-state index is 12.7. The van der Waals surface area contributed by atoms with Gasteiger partial charge in [0.1, 0.15) is 0 Å². The molecule has 190 valence electrons. The first kappa shape index (κ1) is 25.8. The van der Waals surface area contributed by atoms with Gasteiger partial charge in [0.2, 0.25) is 25.9 Å². The van der Waals surface area contributed by atoms with Crippen molar-refractivity contribution in [2.45, 2.75) is 38.2 Å². The van der Waals surface area contributed by atoms with Crippen LogP contribution in [0.2, 0.25) is 0 Å². The molecule has 2 heterocycles. The van der Waals surface area contributed by atoms with Gasteiger partial charge in [-0.05, 0) is 61.5 Å². The van der Waals surface area contributed by atoms with Crippen LogP contribution in [0.4, 0.5) is 11.4 Å². The minimum Gasteiger partial charge on any atom is -0.283 e. The van der Waals surface area contributed by atoms with Gasteiger partial charge in [-0.3, -0.25) is 9.44 Å². The van der Waals surface area contributed by atoms with Crippen molar-refractivity contribution in [3.63, 3.8) is 0 Å². The number of anilines is 2. The molecule has 0 spiro atoms. The molecule has 0 saturated carbocycles. The first-order valence-corrected chi connectivity index (χ1v) is 15.0. The number of nitrogens with one attached hydrogen (secondary N) is 3. The second kappa shape index (κ2) is 9.99. The Balaban J connectivity index is 1.71. The van der Waals surface area contributed by atoms with Gasteiger partial charge in [-0.25, -0.2) is 16.8 Å². The first-order valence-electron chi connectivity index (χ1n) is 11.1. The van der Waals surface area contributed by atoms with Crippen molar-refractivity contribution >= 4 is 42.8 Å². The highest BCUT2D eigenvalue weighted by Crippen LogP contribution is 2.37. The van der Waals surface area contributed by atoms with Gasteiger partial charge < -0.3 is 0 Å². The van der Waals surface area contributed by atoms with Crippen molar-refractivity contribution in [2.75, 3.05) is 9.44 Å². The Kier molecular flexibility index (Phi) is 7.16. The zero-order valence-electron chi connectivity index (χ0n) is 20.1. The lowest BCUT2D eigenvalue weighted by Gasteiger charge is -2.16. The van der Waals surface area contributed by atoms with Gasteiger partial charge in [0.25, 0.3) is 0 Å². The molecule has 2 aromatic heterocycles. The van der Waals surface area contributed by atoms with E-state index in [1.54, 1.807) is 52.0 Å². The van der Waals surface area contributed by atoms with Gasteiger partial charge in [-0.15, -0.1) is 21.5 Å². The smallest absolute Gasteiger partial charge is 0.235 e. The van der Waals surface area contributed by atoms with E-state index in [9.17, 15) is 16.8 Å². The highest BCUT2D eigenvalue weighted by atomic mass is 32.2. The number of aromatic amines is 1. The Morgan fingerprint density at radius 3 is 1.94 bits per heavy atom. The number of rotatable bonds is 9. The van der Waals surface area contributed by atoms with E-state index in [0.29, 0.717) is 28.3 Å². The van der Waals surface area contributed by atoms with Gasteiger partial charge in [0.15, 0.2) is 0 Å². The Morgan fingerprint density at radius 1 is 0.778 bits per heavy atom. The predicted molar refractivity (Wildman–Crippen MR) is 144 cm³/mol. The van der Waals surface area contributed by atoms with Crippen LogP contribution in [-0.2, 0) is 20.0 Å². The van der Waals surface area contributed by atoms with Crippen molar-refractivity contribution in [3.8, 4) is 33.0 Å². The minimum absolute atomic E-state index is 0.343. The third-order valence-corrected chi connectivity index (χ3v) is 9.95. The standard InChI is InChI=1S/C23H26N6O4S3/c1-14(2)35(30,31)26-20-11-12-34-22(20)17-7-5-16(6-8-17)19-10-9-18(23-24-28-29-25-23)13-21(19)27-36(32,33)15(3)4/h5-15,26-27H,1-4H3,(H,24,25,28,29). The van der Waals surface area contributed by atoms with Crippen molar-refractivity contribution in [3.05, 3.63) is 53.9 Å². The summed E-state index contributed by atoms with van der Waals surface area (Å²) in [6.07, 6.45) is 0. The molecule has 0 unspecified atom stereocenters. The van der Waals surface area contributed by atoms with Crippen LogP contribution in [0.25, 0.3) is 33.0 Å². The van der Waals surface area contributed by atoms with Gasteiger partial charge in [0, 0.05) is 11.1 Å². The van der Waals surface area contributed by atoms with Crippen molar-refractivity contribution in [2.24, 2.45) is 0 Å². The highest BCUT2D eigenvalue weighted by molar-refractivity contribution is 7.93. The topological polar surface area (TPSA) is 147 Å². The molecule has 2 aromatic carbocycles. The Bertz CT molecular complexity index is 1560. The lowest BCUT2D eigenvalue weighted by Crippen LogP contribution is -2.22. The zero-order valence-corrected chi connectivity index (χ0v) is 22.5. The number of hydrogen-bond acceptors (Lipinski definition) is 8. The predicted octanol–water partition coefficient (Wildman–Crippen LogP) is 4.56. The van der Waals surface area contributed by atoms with Crippen LogP contribution >= 0.6 is 11.3 Å². The summed E-state index contributed by atoms with van der Waals surface area (Å²) in [4.78, 5) is 0.791. The molecule has 0 amide bonds. The summed E-state index contributed by atoms with van der Waals surface area (Å²) in [5.41, 5.74) is 3.80. The fourth-order valence-electron chi connectivity index (χ4n) is 3.26. The Hall–Kier alpha value is -3.29. The SMILES string of the molecule is CC(C)S(=O)(=O)Nc1cc(-c2nn[nH]n2)ccc1-c1ccc(-c2sccc2NS(=O)(=O)C(C)C)cc1. The molecule has 4 rings (SSSR count). The first-order chi connectivity index (χ1) is 17.0. The van der Waals surface area contributed by atoms with Crippen LogP contribution in [-0.4, -0.2) is 48.0 Å². The molecule has 0 bridgehead atoms. The van der Waals surface area contributed by atoms with Crippen LogP contribution in [0.1, 0.15) is 27.7 Å². The maximum atomic E-state index is 12.7. The summed E-state index contributed by atoms with van der Waals surface area (Å²) >= 11 is 1.43. The summed E-state index contributed by atoms with van der Waals surface area (Å²) in [6, 6.07) is 14.5. The van der Waals surface area contributed by atoms with E-state index in [1.165, 1.54) is 11.3 Å². The molecule has 0 saturated heterocycles. The summed E-state index contributed by atoms with van der Waals surface area (Å²) in [7, 11) is -7.10. The molecular formula is C23H26N6O4S3. The Morgan fingerprint density at radius 2 is 1.36 bits per heavy atom. The van der Waals surface area contributed by atoms with E-state index in [-0.39, 0.29) is 0 Å². The third-order valence-electron chi connectivity index (χ3n) is 5.49. The van der Waals surface area contributed by atoms with Crippen LogP contribution < -0.4 is 9.44 Å². The normalized spacial score (nSPS) is 12.3. The van der Waals surface area contributed by atoms with Gasteiger partial charge in [0.05, 0.1) is 26.8 Å². The fraction of sp³-hybridized carbons (Fsp3) is 0.261. The van der Waals surface area contributed by atoms with E-state index in [2.05, 4.69) is 30.1 Å². The molecule has 0 aliphatic heterocycles. The van der Waals surface area contributed by atoms with E-state index in [1.807, 2.05) is 29.6 Å². The zero-order chi connectivity index (χ0) is 26.1. The second-order valence-electron chi connectivity index (χ2n) is 8.63. The van der Waals surface area contributed by atoms with Crippen molar-refractivity contribution in [1.82, 2.24) is 20.6 Å². The van der Waals surface area contributed by atoms with Crippen LogP contribution in [0.15, 0.2) is 53.9 Å². The quantitative estimate of drug-likeness (QED) is 0.279. The summed E-state index contributed by atoms with van der Waals surface area (Å²) in [5.74, 6) is 0.343. The molecule has 4 aromatic rings. The maximum Gasteiger partial charge on any atom is 0.235 e. The molecule has 0 aliphatic rings. The van der Waals surface area contributed by atoms with E-state index >= 15 is 0 Å². The highest BCUT2D eigenvalue weighted by Gasteiger charge is 2.21. The van der Waals surface area contributed by atoms with Crippen molar-refractivity contribution < 1.29 is 16.8 Å². The fourth-order valence-corrected chi connectivity index (χ4v) is 5.61. The average molecular weight is 547 g/mol. The molecule has 10 nitrogen and oxygen atoms in total. The lowest BCUT2D eigenvalue weighted by molar-refractivity contribution is 0.591. The third kappa shape index (κ3) is 5.42. The number of thiophene rings is 1. The second-order valence-corrected chi connectivity index (χ2v) is 14.0. The van der Waals surface area contributed by atoms with Gasteiger partial charge >= 0.3 is 0 Å². The number of hydrogen-bond donors (Lipinski definition) is 3. The lowest BCUT2D eigenvalue weighted by atomic mass is 10.00. The van der Waals surface area contributed by atoms with Crippen molar-refractivity contribution in [1.29, 1.82) is 0 Å². The molecule has 13 heteroatoms.